The summed E-state index contributed by atoms with van der Waals surface area (Å²) in [7, 11) is 4.78. The molecular formula is C20H31ClN2O4. The first-order valence-corrected chi connectivity index (χ1v) is 9.37. The Morgan fingerprint density at radius 3 is 2.44 bits per heavy atom. The molecule has 2 aliphatic rings. The van der Waals surface area contributed by atoms with Crippen LogP contribution in [0.3, 0.4) is 0 Å². The molecule has 1 amide bonds. The average molecular weight is 399 g/mol. The van der Waals surface area contributed by atoms with Crippen molar-refractivity contribution in [1.82, 2.24) is 10.6 Å². The van der Waals surface area contributed by atoms with Crippen molar-refractivity contribution in [2.75, 3.05) is 34.4 Å². The van der Waals surface area contributed by atoms with E-state index < -0.39 is 0 Å². The number of rotatable bonds is 6. The van der Waals surface area contributed by atoms with Gasteiger partial charge in [-0.15, -0.1) is 12.4 Å². The van der Waals surface area contributed by atoms with Crippen LogP contribution in [-0.4, -0.2) is 40.3 Å². The molecule has 2 N–H and O–H groups in total. The minimum absolute atomic E-state index is 0. The van der Waals surface area contributed by atoms with E-state index >= 15 is 0 Å². The Kier molecular flexibility index (Phi) is 7.23. The smallest absolute Gasteiger partial charge is 0.228 e. The molecule has 1 aliphatic carbocycles. The summed E-state index contributed by atoms with van der Waals surface area (Å²) in [6.45, 7) is 3.73. The molecule has 1 aromatic carbocycles. The minimum atomic E-state index is -0.257. The molecule has 0 aromatic heterocycles. The van der Waals surface area contributed by atoms with Gasteiger partial charge in [0.25, 0.3) is 0 Å². The van der Waals surface area contributed by atoms with Crippen molar-refractivity contribution >= 4 is 18.3 Å². The maximum absolute atomic E-state index is 13.2. The van der Waals surface area contributed by atoms with Gasteiger partial charge in [-0.25, -0.2) is 0 Å². The molecule has 1 saturated heterocycles. The second-order valence-corrected chi connectivity index (χ2v) is 7.38. The van der Waals surface area contributed by atoms with Gasteiger partial charge in [-0.1, -0.05) is 12.8 Å². The average Bonchev–Trinajstić information content (AvgIpc) is 3.11. The van der Waals surface area contributed by atoms with E-state index in [1.165, 1.54) is 6.42 Å². The van der Waals surface area contributed by atoms with Gasteiger partial charge in [-0.3, -0.25) is 4.79 Å². The maximum atomic E-state index is 13.2. The fraction of sp³-hybridized carbons (Fsp3) is 0.650. The van der Waals surface area contributed by atoms with Crippen LogP contribution in [0, 0.1) is 11.3 Å². The monoisotopic (exact) mass is 398 g/mol. The Bertz CT molecular complexity index is 644. The largest absolute Gasteiger partial charge is 0.493 e. The van der Waals surface area contributed by atoms with Crippen molar-refractivity contribution < 1.29 is 19.0 Å². The number of nitrogens with one attached hydrogen (secondary N) is 2. The number of hydrogen-bond acceptors (Lipinski definition) is 5. The van der Waals surface area contributed by atoms with Crippen molar-refractivity contribution in [2.45, 2.75) is 38.6 Å². The van der Waals surface area contributed by atoms with Gasteiger partial charge >= 0.3 is 0 Å². The third-order valence-electron chi connectivity index (χ3n) is 6.03. The second-order valence-electron chi connectivity index (χ2n) is 7.38. The van der Waals surface area contributed by atoms with Crippen LogP contribution in [0.1, 0.15) is 44.2 Å². The lowest BCUT2D eigenvalue weighted by atomic mass is 9.67. The summed E-state index contributed by atoms with van der Waals surface area (Å²) in [4.78, 5) is 13.2. The van der Waals surface area contributed by atoms with Gasteiger partial charge in [0, 0.05) is 6.54 Å². The van der Waals surface area contributed by atoms with Crippen LogP contribution < -0.4 is 24.8 Å². The van der Waals surface area contributed by atoms with Crippen molar-refractivity contribution in [2.24, 2.45) is 11.3 Å². The molecule has 3 atom stereocenters. The Morgan fingerprint density at radius 1 is 1.19 bits per heavy atom. The van der Waals surface area contributed by atoms with E-state index in [1.807, 2.05) is 19.1 Å². The van der Waals surface area contributed by atoms with E-state index in [0.29, 0.717) is 23.2 Å². The lowest BCUT2D eigenvalue weighted by molar-refractivity contribution is -0.134. The Balaban J connectivity index is 0.00000261. The second kappa shape index (κ2) is 9.02. The van der Waals surface area contributed by atoms with Crippen LogP contribution in [0.2, 0.25) is 0 Å². The third-order valence-corrected chi connectivity index (χ3v) is 6.03. The number of carbonyl (C=O) groups excluding carboxylic acids is 1. The van der Waals surface area contributed by atoms with Crippen LogP contribution >= 0.6 is 12.4 Å². The van der Waals surface area contributed by atoms with Crippen LogP contribution in [-0.2, 0) is 4.79 Å². The summed E-state index contributed by atoms with van der Waals surface area (Å²) in [5, 5.41) is 6.67. The molecule has 7 heteroatoms. The van der Waals surface area contributed by atoms with Gasteiger partial charge in [0.1, 0.15) is 0 Å². The van der Waals surface area contributed by atoms with Crippen molar-refractivity contribution in [3.63, 3.8) is 0 Å². The zero-order chi connectivity index (χ0) is 18.7. The number of halogens is 1. The Morgan fingerprint density at radius 2 is 1.85 bits per heavy atom. The van der Waals surface area contributed by atoms with E-state index in [2.05, 4.69) is 10.6 Å². The minimum Gasteiger partial charge on any atom is -0.493 e. The predicted octanol–water partition coefficient (Wildman–Crippen LogP) is 3.09. The first kappa shape index (κ1) is 21.6. The molecule has 6 nitrogen and oxygen atoms in total. The number of fused-ring (bicyclic) bond motifs is 1. The van der Waals surface area contributed by atoms with Gasteiger partial charge in [0.2, 0.25) is 11.7 Å². The van der Waals surface area contributed by atoms with Crippen LogP contribution in [0.25, 0.3) is 0 Å². The number of benzene rings is 1. The highest BCUT2D eigenvalue weighted by atomic mass is 35.5. The molecule has 0 spiro atoms. The zero-order valence-electron chi connectivity index (χ0n) is 16.6. The van der Waals surface area contributed by atoms with E-state index in [4.69, 9.17) is 14.2 Å². The topological polar surface area (TPSA) is 68.8 Å². The molecule has 0 radical (unpaired) electrons. The number of ether oxygens (including phenoxy) is 3. The first-order chi connectivity index (χ1) is 12.6. The summed E-state index contributed by atoms with van der Waals surface area (Å²) in [5.41, 5.74) is 0.676. The van der Waals surface area contributed by atoms with Gasteiger partial charge in [0.15, 0.2) is 11.5 Å². The number of amides is 1. The van der Waals surface area contributed by atoms with Crippen LogP contribution in [0.5, 0.6) is 17.2 Å². The third kappa shape index (κ3) is 3.97. The lowest BCUT2D eigenvalue weighted by Gasteiger charge is -2.38. The van der Waals surface area contributed by atoms with Gasteiger partial charge < -0.3 is 24.8 Å². The first-order valence-electron chi connectivity index (χ1n) is 9.37. The highest BCUT2D eigenvalue weighted by Crippen LogP contribution is 2.45. The number of carbonyl (C=O) groups is 1. The maximum Gasteiger partial charge on any atom is 0.228 e. The molecule has 1 unspecified atom stereocenters. The van der Waals surface area contributed by atoms with Crippen LogP contribution in [0.4, 0.5) is 0 Å². The summed E-state index contributed by atoms with van der Waals surface area (Å²) in [6, 6.07) is 3.65. The molecule has 1 aromatic rings. The van der Waals surface area contributed by atoms with Gasteiger partial charge in [0.05, 0.1) is 32.8 Å². The van der Waals surface area contributed by atoms with E-state index in [-0.39, 0.29) is 29.8 Å². The summed E-state index contributed by atoms with van der Waals surface area (Å²) >= 11 is 0. The molecule has 152 valence electrons. The Hall–Kier alpha value is -1.66. The molecule has 3 rings (SSSR count). The normalized spacial score (nSPS) is 25.0. The highest BCUT2D eigenvalue weighted by Gasteiger charge is 2.50. The van der Waals surface area contributed by atoms with Gasteiger partial charge in [-0.2, -0.15) is 0 Å². The zero-order valence-corrected chi connectivity index (χ0v) is 17.4. The molecule has 27 heavy (non-hydrogen) atoms. The van der Waals surface area contributed by atoms with Gasteiger partial charge in [-0.05, 0) is 49.9 Å². The summed E-state index contributed by atoms with van der Waals surface area (Å²) in [5.74, 6) is 2.36. The molecule has 1 saturated carbocycles. The van der Waals surface area contributed by atoms with E-state index in [9.17, 15) is 4.79 Å². The van der Waals surface area contributed by atoms with Crippen molar-refractivity contribution in [3.05, 3.63) is 17.7 Å². The molecule has 1 aliphatic heterocycles. The molecule has 2 fully saturated rings. The van der Waals surface area contributed by atoms with Crippen molar-refractivity contribution in [3.8, 4) is 17.2 Å². The number of methoxy groups -OCH3 is 3. The summed E-state index contributed by atoms with van der Waals surface area (Å²) in [6.07, 6.45) is 4.46. The van der Waals surface area contributed by atoms with Crippen molar-refractivity contribution in [1.29, 1.82) is 0 Å². The summed E-state index contributed by atoms with van der Waals surface area (Å²) < 4.78 is 16.2. The fourth-order valence-corrected chi connectivity index (χ4v) is 4.47. The Labute approximate surface area is 167 Å². The molecule has 0 bridgehead atoms. The number of hydrogen-bond donors (Lipinski definition) is 2. The van der Waals surface area contributed by atoms with E-state index in [0.717, 1.165) is 37.9 Å². The standard InChI is InChI=1S/C20H30N2O4.ClH/c1-13(14-9-16(24-2)18(26-4)17(10-14)25-3)22-19(23)20-8-6-5-7-15(20)11-21-12-20;/h9-10,13,15,21H,5-8,11-12H2,1-4H3,(H,22,23);1H/t13?,15-,20+;/m0./s1. The quantitative estimate of drug-likeness (QED) is 0.770. The van der Waals surface area contributed by atoms with E-state index in [1.54, 1.807) is 21.3 Å². The molecule has 1 heterocycles. The van der Waals surface area contributed by atoms with Crippen LogP contribution in [0.15, 0.2) is 12.1 Å². The highest BCUT2D eigenvalue weighted by molar-refractivity contribution is 5.85. The predicted molar refractivity (Wildman–Crippen MR) is 107 cm³/mol. The molecular weight excluding hydrogens is 368 g/mol. The SMILES string of the molecule is COc1cc(C(C)NC(=O)[C@@]23CCCC[C@H]2CNC3)cc(OC)c1OC.Cl. The fourth-order valence-electron chi connectivity index (χ4n) is 4.47. The lowest BCUT2D eigenvalue weighted by Crippen LogP contribution is -2.48.